The molecule has 0 atom stereocenters. The predicted octanol–water partition coefficient (Wildman–Crippen LogP) is 3.15. The number of phenols is 1. The topological polar surface area (TPSA) is 75.3 Å². The minimum atomic E-state index is 0.246. The Bertz CT molecular complexity index is 980. The van der Waals surface area contributed by atoms with E-state index in [0.717, 1.165) is 41.4 Å². The van der Waals surface area contributed by atoms with Gasteiger partial charge in [0.05, 0.1) is 11.9 Å². The molecule has 0 aliphatic heterocycles. The largest absolute Gasteiger partial charge is 0.508 e. The van der Waals surface area contributed by atoms with Gasteiger partial charge in [-0.15, -0.1) is 0 Å². The number of hydrogen-bond donors (Lipinski definition) is 2. The SMILES string of the molecule is Oc1ccc(-c2cnc3c(NCCc4ccccn4)nccn23)cc1. The van der Waals surface area contributed by atoms with E-state index in [4.69, 9.17) is 0 Å². The highest BCUT2D eigenvalue weighted by Crippen LogP contribution is 2.24. The second kappa shape index (κ2) is 6.60. The summed E-state index contributed by atoms with van der Waals surface area (Å²) >= 11 is 0. The smallest absolute Gasteiger partial charge is 0.180 e. The Morgan fingerprint density at radius 1 is 0.960 bits per heavy atom. The molecule has 124 valence electrons. The van der Waals surface area contributed by atoms with Crippen molar-refractivity contribution in [3.8, 4) is 17.0 Å². The van der Waals surface area contributed by atoms with Gasteiger partial charge in [-0.2, -0.15) is 0 Å². The van der Waals surface area contributed by atoms with Gasteiger partial charge < -0.3 is 10.4 Å². The van der Waals surface area contributed by atoms with Crippen molar-refractivity contribution in [2.75, 3.05) is 11.9 Å². The number of aromatic hydroxyl groups is 1. The van der Waals surface area contributed by atoms with Crippen molar-refractivity contribution in [1.29, 1.82) is 0 Å². The normalized spacial score (nSPS) is 10.9. The van der Waals surface area contributed by atoms with E-state index in [1.54, 1.807) is 24.5 Å². The number of imidazole rings is 1. The van der Waals surface area contributed by atoms with Gasteiger partial charge in [-0.3, -0.25) is 9.38 Å². The number of nitrogens with zero attached hydrogens (tertiary/aromatic N) is 4. The maximum absolute atomic E-state index is 9.46. The Morgan fingerprint density at radius 3 is 2.64 bits per heavy atom. The molecule has 6 nitrogen and oxygen atoms in total. The summed E-state index contributed by atoms with van der Waals surface area (Å²) in [7, 11) is 0. The molecule has 0 radical (unpaired) electrons. The van der Waals surface area contributed by atoms with Gasteiger partial charge in [0, 0.05) is 42.8 Å². The molecule has 0 saturated heterocycles. The van der Waals surface area contributed by atoms with Gasteiger partial charge >= 0.3 is 0 Å². The van der Waals surface area contributed by atoms with Crippen molar-refractivity contribution >= 4 is 11.5 Å². The second-order valence-electron chi connectivity index (χ2n) is 5.66. The molecular formula is C19H17N5O. The van der Waals surface area contributed by atoms with E-state index in [2.05, 4.69) is 20.3 Å². The van der Waals surface area contributed by atoms with Crippen LogP contribution in [-0.2, 0) is 6.42 Å². The van der Waals surface area contributed by atoms with Crippen molar-refractivity contribution in [2.45, 2.75) is 6.42 Å². The molecule has 0 aliphatic carbocycles. The predicted molar refractivity (Wildman–Crippen MR) is 96.5 cm³/mol. The average Bonchev–Trinajstić information content (AvgIpc) is 3.08. The summed E-state index contributed by atoms with van der Waals surface area (Å²) < 4.78 is 1.99. The number of anilines is 1. The summed E-state index contributed by atoms with van der Waals surface area (Å²) in [6, 6.07) is 13.0. The van der Waals surface area contributed by atoms with Crippen molar-refractivity contribution in [3.63, 3.8) is 0 Å². The van der Waals surface area contributed by atoms with Crippen LogP contribution in [0.25, 0.3) is 16.9 Å². The molecule has 25 heavy (non-hydrogen) atoms. The number of rotatable bonds is 5. The summed E-state index contributed by atoms with van der Waals surface area (Å²) in [5, 5.41) is 12.8. The van der Waals surface area contributed by atoms with E-state index in [0.29, 0.717) is 0 Å². The third-order valence-electron chi connectivity index (χ3n) is 3.99. The third kappa shape index (κ3) is 3.14. The number of nitrogens with one attached hydrogen (secondary N) is 1. The second-order valence-corrected chi connectivity index (χ2v) is 5.66. The Labute approximate surface area is 144 Å². The van der Waals surface area contributed by atoms with Gasteiger partial charge in [-0.05, 0) is 36.4 Å². The zero-order valence-electron chi connectivity index (χ0n) is 13.5. The Morgan fingerprint density at radius 2 is 1.84 bits per heavy atom. The minimum Gasteiger partial charge on any atom is -0.508 e. The van der Waals surface area contributed by atoms with E-state index >= 15 is 0 Å². The number of benzene rings is 1. The van der Waals surface area contributed by atoms with Crippen LogP contribution in [0.2, 0.25) is 0 Å². The molecule has 3 heterocycles. The summed E-state index contributed by atoms with van der Waals surface area (Å²) in [6.07, 6.45) is 8.06. The number of phenolic OH excluding ortho intramolecular Hbond substituents is 1. The van der Waals surface area contributed by atoms with Crippen LogP contribution in [0.1, 0.15) is 5.69 Å². The van der Waals surface area contributed by atoms with E-state index < -0.39 is 0 Å². The third-order valence-corrected chi connectivity index (χ3v) is 3.99. The molecule has 0 amide bonds. The zero-order valence-corrected chi connectivity index (χ0v) is 13.5. The van der Waals surface area contributed by atoms with Crippen molar-refractivity contribution in [2.24, 2.45) is 0 Å². The van der Waals surface area contributed by atoms with E-state index in [1.165, 1.54) is 0 Å². The molecule has 3 aromatic heterocycles. The number of fused-ring (bicyclic) bond motifs is 1. The highest BCUT2D eigenvalue weighted by atomic mass is 16.3. The lowest BCUT2D eigenvalue weighted by molar-refractivity contribution is 0.475. The molecule has 0 bridgehead atoms. The first-order valence-electron chi connectivity index (χ1n) is 8.06. The van der Waals surface area contributed by atoms with Crippen molar-refractivity contribution in [3.05, 3.63) is 72.9 Å². The molecule has 4 rings (SSSR count). The molecule has 2 N–H and O–H groups in total. The van der Waals surface area contributed by atoms with Gasteiger partial charge in [0.2, 0.25) is 0 Å². The van der Waals surface area contributed by atoms with Crippen LogP contribution in [-0.4, -0.2) is 31.0 Å². The molecule has 6 heteroatoms. The monoisotopic (exact) mass is 331 g/mol. The molecule has 0 saturated carbocycles. The van der Waals surface area contributed by atoms with E-state index in [9.17, 15) is 5.11 Å². The van der Waals surface area contributed by atoms with Crippen LogP contribution < -0.4 is 5.32 Å². The lowest BCUT2D eigenvalue weighted by Gasteiger charge is -2.07. The van der Waals surface area contributed by atoms with Crippen LogP contribution in [0.15, 0.2) is 67.3 Å². The molecule has 0 aliphatic rings. The molecule has 0 spiro atoms. The lowest BCUT2D eigenvalue weighted by atomic mass is 10.1. The first kappa shape index (κ1) is 15.1. The van der Waals surface area contributed by atoms with Crippen LogP contribution in [0.3, 0.4) is 0 Å². The number of aromatic nitrogens is 4. The lowest BCUT2D eigenvalue weighted by Crippen LogP contribution is -2.08. The molecule has 4 aromatic rings. The van der Waals surface area contributed by atoms with E-state index in [1.807, 2.05) is 47.1 Å². The Kier molecular flexibility index (Phi) is 4.00. The fraction of sp³-hybridized carbons (Fsp3) is 0.105. The molecule has 0 fully saturated rings. The first-order valence-corrected chi connectivity index (χ1v) is 8.06. The maximum Gasteiger partial charge on any atom is 0.180 e. The molecule has 0 unspecified atom stereocenters. The Balaban J connectivity index is 1.57. The van der Waals surface area contributed by atoms with Crippen molar-refractivity contribution in [1.82, 2.24) is 19.4 Å². The van der Waals surface area contributed by atoms with Crippen LogP contribution in [0.5, 0.6) is 5.75 Å². The highest BCUT2D eigenvalue weighted by Gasteiger charge is 2.10. The maximum atomic E-state index is 9.46. The van der Waals surface area contributed by atoms with Gasteiger partial charge in [0.1, 0.15) is 5.75 Å². The fourth-order valence-corrected chi connectivity index (χ4v) is 2.74. The molecule has 1 aromatic carbocycles. The van der Waals surface area contributed by atoms with Gasteiger partial charge in [-0.1, -0.05) is 6.07 Å². The van der Waals surface area contributed by atoms with Gasteiger partial charge in [-0.25, -0.2) is 9.97 Å². The van der Waals surface area contributed by atoms with Gasteiger partial charge in [0.25, 0.3) is 0 Å². The fourth-order valence-electron chi connectivity index (χ4n) is 2.74. The Hall–Kier alpha value is -3.41. The van der Waals surface area contributed by atoms with E-state index in [-0.39, 0.29) is 5.75 Å². The summed E-state index contributed by atoms with van der Waals surface area (Å²) in [5.74, 6) is 0.986. The number of hydrogen-bond acceptors (Lipinski definition) is 5. The highest BCUT2D eigenvalue weighted by molar-refractivity contribution is 5.70. The van der Waals surface area contributed by atoms with Crippen LogP contribution in [0.4, 0.5) is 5.82 Å². The molecular weight excluding hydrogens is 314 g/mol. The number of pyridine rings is 1. The average molecular weight is 331 g/mol. The van der Waals surface area contributed by atoms with Crippen LogP contribution >= 0.6 is 0 Å². The standard InChI is InChI=1S/C19H17N5O/c25-16-6-4-14(5-7-16)17-13-23-19-18(22-11-12-24(17)19)21-10-8-15-3-1-2-9-20-15/h1-7,9,11-13,25H,8,10H2,(H,21,22). The summed E-state index contributed by atoms with van der Waals surface area (Å²) in [5.41, 5.74) is 3.74. The quantitative estimate of drug-likeness (QED) is 0.587. The van der Waals surface area contributed by atoms with Gasteiger partial charge in [0.15, 0.2) is 11.5 Å². The van der Waals surface area contributed by atoms with Crippen LogP contribution in [0, 0.1) is 0 Å². The van der Waals surface area contributed by atoms with Crippen molar-refractivity contribution < 1.29 is 5.11 Å². The summed E-state index contributed by atoms with van der Waals surface area (Å²) in [4.78, 5) is 13.2. The first-order chi connectivity index (χ1) is 12.3. The summed E-state index contributed by atoms with van der Waals surface area (Å²) in [6.45, 7) is 0.727. The zero-order chi connectivity index (χ0) is 17.1. The minimum absolute atomic E-state index is 0.246.